The third-order valence-electron chi connectivity index (χ3n) is 4.38. The Morgan fingerprint density at radius 1 is 1.10 bits per heavy atom. The molecule has 0 aliphatic carbocycles. The number of nitrogens with one attached hydrogen (secondary N) is 2. The van der Waals surface area contributed by atoms with Crippen LogP contribution in [0.15, 0.2) is 82.4 Å². The lowest BCUT2D eigenvalue weighted by atomic mass is 10.2. The average molecular weight is 466 g/mol. The van der Waals surface area contributed by atoms with E-state index in [1.807, 2.05) is 79.7 Å². The lowest BCUT2D eigenvalue weighted by molar-refractivity contribution is -0.121. The number of amides is 1. The van der Waals surface area contributed by atoms with Crippen LogP contribution in [0.25, 0.3) is 0 Å². The van der Waals surface area contributed by atoms with Gasteiger partial charge in [-0.15, -0.1) is 0 Å². The maximum absolute atomic E-state index is 12.3. The molecule has 1 amide bonds. The molecule has 0 aliphatic heterocycles. The van der Waals surface area contributed by atoms with E-state index in [9.17, 15) is 4.79 Å². The number of hydrazone groups is 1. The summed E-state index contributed by atoms with van der Waals surface area (Å²) in [4.78, 5) is 12.3. The third kappa shape index (κ3) is 6.46. The fraction of sp³-hybridized carbons (Fsp3) is 0.167. The summed E-state index contributed by atoms with van der Waals surface area (Å²) in [6.07, 6.45) is 1.59. The molecule has 3 aromatic rings. The standard InChI is InChI=1S/C24H24BrN3O2/c1-17-7-5-11-22(13-17)27-18(2)24(29)28-26-15-20-9-3-4-12-23(20)30-16-19-8-6-10-21(25)14-19/h3-15,18,27H,16H2,1-2H3,(H,28,29)/t18-/m0/s1. The van der Waals surface area contributed by atoms with Crippen LogP contribution in [-0.4, -0.2) is 18.2 Å². The Labute approximate surface area is 185 Å². The van der Waals surface area contributed by atoms with Gasteiger partial charge in [0.15, 0.2) is 0 Å². The lowest BCUT2D eigenvalue weighted by Crippen LogP contribution is -2.34. The van der Waals surface area contributed by atoms with Crippen molar-refractivity contribution in [3.63, 3.8) is 0 Å². The zero-order chi connectivity index (χ0) is 21.3. The first-order valence-electron chi connectivity index (χ1n) is 9.63. The van der Waals surface area contributed by atoms with Gasteiger partial charge in [0.25, 0.3) is 5.91 Å². The molecular formula is C24H24BrN3O2. The van der Waals surface area contributed by atoms with Crippen LogP contribution in [0, 0.1) is 6.92 Å². The first kappa shape index (κ1) is 21.6. The molecule has 1 atom stereocenters. The van der Waals surface area contributed by atoms with Crippen molar-refractivity contribution >= 4 is 33.7 Å². The number of hydrogen-bond donors (Lipinski definition) is 2. The van der Waals surface area contributed by atoms with Crippen LogP contribution in [0.4, 0.5) is 5.69 Å². The summed E-state index contributed by atoms with van der Waals surface area (Å²) < 4.78 is 6.95. The van der Waals surface area contributed by atoms with E-state index in [0.717, 1.165) is 26.9 Å². The van der Waals surface area contributed by atoms with Crippen LogP contribution in [0.5, 0.6) is 5.75 Å². The molecule has 0 aliphatic rings. The number of benzene rings is 3. The van der Waals surface area contributed by atoms with E-state index in [2.05, 4.69) is 31.8 Å². The Hall–Kier alpha value is -3.12. The summed E-state index contributed by atoms with van der Waals surface area (Å²) >= 11 is 3.46. The number of halogens is 1. The Bertz CT molecular complexity index is 1040. The molecule has 5 nitrogen and oxygen atoms in total. The van der Waals surface area contributed by atoms with E-state index in [0.29, 0.717) is 12.4 Å². The SMILES string of the molecule is Cc1cccc(N[C@@H](C)C(=O)NN=Cc2ccccc2OCc2cccc(Br)c2)c1. The second kappa shape index (κ2) is 10.6. The van der Waals surface area contributed by atoms with Crippen molar-refractivity contribution in [3.05, 3.63) is 94.0 Å². The number of ether oxygens (including phenoxy) is 1. The number of hydrogen-bond acceptors (Lipinski definition) is 4. The maximum Gasteiger partial charge on any atom is 0.262 e. The van der Waals surface area contributed by atoms with Crippen molar-refractivity contribution in [2.45, 2.75) is 26.5 Å². The quantitative estimate of drug-likeness (QED) is 0.351. The summed E-state index contributed by atoms with van der Waals surface area (Å²) in [6, 6.07) is 23.0. The lowest BCUT2D eigenvalue weighted by Gasteiger charge is -2.14. The van der Waals surface area contributed by atoms with Gasteiger partial charge < -0.3 is 10.1 Å². The van der Waals surface area contributed by atoms with Crippen LogP contribution in [0.1, 0.15) is 23.6 Å². The molecule has 0 saturated carbocycles. The summed E-state index contributed by atoms with van der Waals surface area (Å²) in [5, 5.41) is 7.27. The van der Waals surface area contributed by atoms with Crippen molar-refractivity contribution in [1.29, 1.82) is 0 Å². The molecule has 0 radical (unpaired) electrons. The molecular weight excluding hydrogens is 442 g/mol. The van der Waals surface area contributed by atoms with Gasteiger partial charge in [-0.05, 0) is 61.4 Å². The third-order valence-corrected chi connectivity index (χ3v) is 4.87. The minimum absolute atomic E-state index is 0.222. The molecule has 0 spiro atoms. The van der Waals surface area contributed by atoms with Gasteiger partial charge in [0.2, 0.25) is 0 Å². The molecule has 30 heavy (non-hydrogen) atoms. The molecule has 3 rings (SSSR count). The van der Waals surface area contributed by atoms with Gasteiger partial charge in [-0.25, -0.2) is 5.43 Å². The monoisotopic (exact) mass is 465 g/mol. The maximum atomic E-state index is 12.3. The van der Waals surface area contributed by atoms with Gasteiger partial charge in [0, 0.05) is 15.7 Å². The predicted molar refractivity (Wildman–Crippen MR) is 125 cm³/mol. The molecule has 2 N–H and O–H groups in total. The number of aryl methyl sites for hydroxylation is 1. The predicted octanol–water partition coefficient (Wildman–Crippen LogP) is 5.29. The van der Waals surface area contributed by atoms with Crippen molar-refractivity contribution in [3.8, 4) is 5.75 Å². The first-order chi connectivity index (χ1) is 14.5. The number of carbonyl (C=O) groups is 1. The molecule has 0 heterocycles. The highest BCUT2D eigenvalue weighted by atomic mass is 79.9. The second-order valence-electron chi connectivity index (χ2n) is 6.93. The number of rotatable bonds is 8. The molecule has 0 aromatic heterocycles. The van der Waals surface area contributed by atoms with Gasteiger partial charge in [0.05, 0.1) is 6.21 Å². The van der Waals surface area contributed by atoms with E-state index in [1.54, 1.807) is 13.1 Å². The van der Waals surface area contributed by atoms with Crippen LogP contribution in [0.2, 0.25) is 0 Å². The Balaban J connectivity index is 1.57. The minimum Gasteiger partial charge on any atom is -0.488 e. The second-order valence-corrected chi connectivity index (χ2v) is 7.84. The zero-order valence-electron chi connectivity index (χ0n) is 16.9. The normalized spacial score (nSPS) is 11.8. The number of anilines is 1. The molecule has 0 bridgehead atoms. The Morgan fingerprint density at radius 2 is 1.90 bits per heavy atom. The molecule has 0 saturated heterocycles. The van der Waals surface area contributed by atoms with Crippen molar-refractivity contribution in [2.24, 2.45) is 5.10 Å². The molecule has 154 valence electrons. The molecule has 0 fully saturated rings. The molecule has 0 unspecified atom stereocenters. The topological polar surface area (TPSA) is 62.7 Å². The highest BCUT2D eigenvalue weighted by molar-refractivity contribution is 9.10. The van der Waals surface area contributed by atoms with Crippen LogP contribution >= 0.6 is 15.9 Å². The van der Waals surface area contributed by atoms with Crippen LogP contribution in [-0.2, 0) is 11.4 Å². The average Bonchev–Trinajstić information content (AvgIpc) is 2.73. The van der Waals surface area contributed by atoms with E-state index < -0.39 is 6.04 Å². The van der Waals surface area contributed by atoms with Gasteiger partial charge in [-0.3, -0.25) is 4.79 Å². The van der Waals surface area contributed by atoms with E-state index >= 15 is 0 Å². The number of para-hydroxylation sites is 1. The van der Waals surface area contributed by atoms with Gasteiger partial charge in [-0.2, -0.15) is 5.10 Å². The van der Waals surface area contributed by atoms with Crippen LogP contribution < -0.4 is 15.5 Å². The zero-order valence-corrected chi connectivity index (χ0v) is 18.5. The molecule has 6 heteroatoms. The summed E-state index contributed by atoms with van der Waals surface area (Å²) in [5.74, 6) is 0.474. The van der Waals surface area contributed by atoms with Crippen molar-refractivity contribution < 1.29 is 9.53 Å². The van der Waals surface area contributed by atoms with E-state index in [1.165, 1.54) is 0 Å². The fourth-order valence-electron chi connectivity index (χ4n) is 2.82. The first-order valence-corrected chi connectivity index (χ1v) is 10.4. The van der Waals surface area contributed by atoms with E-state index in [-0.39, 0.29) is 5.91 Å². The van der Waals surface area contributed by atoms with Gasteiger partial charge in [-0.1, -0.05) is 52.3 Å². The smallest absolute Gasteiger partial charge is 0.262 e. The number of carbonyl (C=O) groups excluding carboxylic acids is 1. The Morgan fingerprint density at radius 3 is 2.70 bits per heavy atom. The minimum atomic E-state index is -0.424. The van der Waals surface area contributed by atoms with Crippen molar-refractivity contribution in [2.75, 3.05) is 5.32 Å². The van der Waals surface area contributed by atoms with E-state index in [4.69, 9.17) is 4.74 Å². The van der Waals surface area contributed by atoms with Crippen molar-refractivity contribution in [1.82, 2.24) is 5.43 Å². The molecule has 3 aromatic carbocycles. The Kier molecular flexibility index (Phi) is 7.63. The summed E-state index contributed by atoms with van der Waals surface area (Å²) in [6.45, 7) is 4.24. The number of nitrogens with zero attached hydrogens (tertiary/aromatic N) is 1. The summed E-state index contributed by atoms with van der Waals surface area (Å²) in [7, 11) is 0. The van der Waals surface area contributed by atoms with Gasteiger partial charge in [0.1, 0.15) is 18.4 Å². The van der Waals surface area contributed by atoms with Gasteiger partial charge >= 0.3 is 0 Å². The fourth-order valence-corrected chi connectivity index (χ4v) is 3.27. The summed E-state index contributed by atoms with van der Waals surface area (Å²) in [5.41, 5.74) is 6.45. The highest BCUT2D eigenvalue weighted by Gasteiger charge is 2.11. The largest absolute Gasteiger partial charge is 0.488 e. The highest BCUT2D eigenvalue weighted by Crippen LogP contribution is 2.19. The van der Waals surface area contributed by atoms with Crippen LogP contribution in [0.3, 0.4) is 0 Å².